The fraction of sp³-hybridized carbons (Fsp3) is 0.227. The van der Waals surface area contributed by atoms with Gasteiger partial charge in [-0.15, -0.1) is 0 Å². The summed E-state index contributed by atoms with van der Waals surface area (Å²) < 4.78 is 0. The summed E-state index contributed by atoms with van der Waals surface area (Å²) in [6.07, 6.45) is 3.90. The van der Waals surface area contributed by atoms with Crippen LogP contribution in [0.2, 0.25) is 5.02 Å². The minimum atomic E-state index is -0.683. The Morgan fingerprint density at radius 3 is 2.43 bits per heavy atom. The van der Waals surface area contributed by atoms with Gasteiger partial charge in [-0.05, 0) is 23.8 Å². The van der Waals surface area contributed by atoms with Gasteiger partial charge in [0.2, 0.25) is 11.8 Å². The molecular formula is C22H18ClN2O3+. The van der Waals surface area contributed by atoms with E-state index in [9.17, 15) is 14.4 Å². The number of nitrogens with one attached hydrogen (secondary N) is 1. The molecule has 2 aromatic carbocycles. The first-order valence-electron chi connectivity index (χ1n) is 9.27. The Morgan fingerprint density at radius 1 is 1.00 bits per heavy atom. The van der Waals surface area contributed by atoms with Crippen LogP contribution in [0.25, 0.3) is 6.08 Å². The first-order chi connectivity index (χ1) is 13.5. The van der Waals surface area contributed by atoms with Crippen molar-refractivity contribution in [1.82, 2.24) is 0 Å². The van der Waals surface area contributed by atoms with Gasteiger partial charge in [-0.1, -0.05) is 48.0 Å². The molecule has 2 saturated heterocycles. The monoisotopic (exact) mass is 393 g/mol. The second-order valence-electron chi connectivity index (χ2n) is 7.54. The Bertz CT molecular complexity index is 1060. The van der Waals surface area contributed by atoms with E-state index < -0.39 is 17.9 Å². The average Bonchev–Trinajstić information content (AvgIpc) is 3.16. The van der Waals surface area contributed by atoms with Crippen molar-refractivity contribution in [3.8, 4) is 0 Å². The molecule has 0 saturated carbocycles. The van der Waals surface area contributed by atoms with E-state index in [2.05, 4.69) is 0 Å². The summed E-state index contributed by atoms with van der Waals surface area (Å²) in [6, 6.07) is 13.8. The summed E-state index contributed by atoms with van der Waals surface area (Å²) in [5.41, 5.74) is 2.41. The van der Waals surface area contributed by atoms with Crippen LogP contribution in [0, 0.1) is 11.8 Å². The molecule has 1 N–H and O–H groups in total. The summed E-state index contributed by atoms with van der Waals surface area (Å²) in [5, 5.41) is 0.344. The number of hydrogen-bond acceptors (Lipinski definition) is 3. The van der Waals surface area contributed by atoms with Crippen molar-refractivity contribution in [3.63, 3.8) is 0 Å². The molecule has 28 heavy (non-hydrogen) atoms. The number of nitrogens with zero attached hydrogens (tertiary/aromatic N) is 1. The molecule has 3 heterocycles. The lowest BCUT2D eigenvalue weighted by atomic mass is 9.84. The van der Waals surface area contributed by atoms with Crippen molar-refractivity contribution < 1.29 is 19.3 Å². The molecule has 0 aromatic heterocycles. The minimum absolute atomic E-state index is 0.0845. The molecule has 3 aliphatic rings. The van der Waals surface area contributed by atoms with Crippen LogP contribution in [0.5, 0.6) is 0 Å². The van der Waals surface area contributed by atoms with E-state index in [4.69, 9.17) is 11.6 Å². The standard InChI is InChI=1S/C22H17ClN2O3/c1-12(26)19-17-18(20-14-7-3-2-6-13(14)10-11-24(19)20)22(28)25(21(17)27)16-9-5-4-8-15(16)23/h2-11,17-20H,1H3/p+1/t17-,18+,19-,20-/m1/s1. The summed E-state index contributed by atoms with van der Waals surface area (Å²) in [7, 11) is 0. The molecule has 2 amide bonds. The summed E-state index contributed by atoms with van der Waals surface area (Å²) >= 11 is 6.28. The molecule has 6 heteroatoms. The third kappa shape index (κ3) is 2.20. The number of anilines is 1. The maximum Gasteiger partial charge on any atom is 0.244 e. The van der Waals surface area contributed by atoms with Crippen LogP contribution in [0.15, 0.2) is 54.7 Å². The smallest absolute Gasteiger partial charge is 0.244 e. The Labute approximate surface area is 167 Å². The third-order valence-corrected chi connectivity index (χ3v) is 6.47. The number of carbonyl (C=O) groups excluding carboxylic acids is 3. The van der Waals surface area contributed by atoms with Crippen LogP contribution in [0.3, 0.4) is 0 Å². The minimum Gasteiger partial charge on any atom is -0.293 e. The molecule has 140 valence electrons. The number of benzene rings is 2. The van der Waals surface area contributed by atoms with Crippen molar-refractivity contribution in [1.29, 1.82) is 0 Å². The maximum atomic E-state index is 13.5. The zero-order valence-corrected chi connectivity index (χ0v) is 15.9. The number of hydrogen-bond donors (Lipinski definition) is 1. The molecule has 5 nitrogen and oxygen atoms in total. The summed E-state index contributed by atoms with van der Waals surface area (Å²) in [4.78, 5) is 41.5. The zero-order valence-electron chi connectivity index (χ0n) is 15.1. The van der Waals surface area contributed by atoms with E-state index in [1.54, 1.807) is 24.3 Å². The SMILES string of the molecule is CC(=O)[C@@H]1[C@@H]2C(=O)N(c3ccccc3Cl)C(=O)[C@@H]2[C@H]2c3ccccc3C=C[NH+]12. The highest BCUT2D eigenvalue weighted by molar-refractivity contribution is 6.36. The van der Waals surface area contributed by atoms with Gasteiger partial charge >= 0.3 is 0 Å². The van der Waals surface area contributed by atoms with E-state index in [1.807, 2.05) is 36.5 Å². The predicted octanol–water partition coefficient (Wildman–Crippen LogP) is 2.03. The quantitative estimate of drug-likeness (QED) is 0.794. The molecule has 5 atom stereocenters. The first kappa shape index (κ1) is 17.3. The number of Topliss-reactive ketones (excluding diaryl/α,β-unsaturated/α-hetero) is 1. The van der Waals surface area contributed by atoms with Gasteiger partial charge in [0.1, 0.15) is 17.9 Å². The van der Waals surface area contributed by atoms with Crippen molar-refractivity contribution in [3.05, 3.63) is 70.9 Å². The highest BCUT2D eigenvalue weighted by Gasteiger charge is 2.67. The van der Waals surface area contributed by atoms with E-state index in [0.29, 0.717) is 10.7 Å². The van der Waals surface area contributed by atoms with Crippen LogP contribution < -0.4 is 9.80 Å². The molecule has 0 bridgehead atoms. The number of para-hydroxylation sites is 1. The lowest BCUT2D eigenvalue weighted by Gasteiger charge is -2.30. The van der Waals surface area contributed by atoms with Crippen molar-refractivity contribution in [2.75, 3.05) is 4.90 Å². The van der Waals surface area contributed by atoms with E-state index in [0.717, 1.165) is 16.0 Å². The van der Waals surface area contributed by atoms with Gasteiger partial charge < -0.3 is 0 Å². The fourth-order valence-electron chi connectivity index (χ4n) is 5.09. The van der Waals surface area contributed by atoms with E-state index >= 15 is 0 Å². The summed E-state index contributed by atoms with van der Waals surface area (Å²) in [5.74, 6) is -1.97. The van der Waals surface area contributed by atoms with E-state index in [1.165, 1.54) is 11.8 Å². The van der Waals surface area contributed by atoms with Gasteiger partial charge in [0.25, 0.3) is 0 Å². The number of amides is 2. The fourth-order valence-corrected chi connectivity index (χ4v) is 5.31. The van der Waals surface area contributed by atoms with Gasteiger partial charge in [-0.2, -0.15) is 0 Å². The molecule has 2 aromatic rings. The number of rotatable bonds is 2. The molecule has 2 fully saturated rings. The number of fused-ring (bicyclic) bond motifs is 5. The largest absolute Gasteiger partial charge is 0.293 e. The molecule has 0 spiro atoms. The normalized spacial score (nSPS) is 30.2. The second-order valence-corrected chi connectivity index (χ2v) is 7.95. The Kier molecular flexibility index (Phi) is 3.79. The maximum absolute atomic E-state index is 13.5. The van der Waals surface area contributed by atoms with Gasteiger partial charge in [0.15, 0.2) is 11.8 Å². The van der Waals surface area contributed by atoms with Crippen molar-refractivity contribution >= 4 is 41.0 Å². The highest BCUT2D eigenvalue weighted by Crippen LogP contribution is 2.45. The molecule has 3 aliphatic heterocycles. The Morgan fingerprint density at radius 2 is 1.68 bits per heavy atom. The summed E-state index contributed by atoms with van der Waals surface area (Å²) in [6.45, 7) is 1.50. The first-order valence-corrected chi connectivity index (χ1v) is 9.65. The van der Waals surface area contributed by atoms with Crippen LogP contribution in [-0.4, -0.2) is 23.6 Å². The van der Waals surface area contributed by atoms with Crippen LogP contribution in [0.4, 0.5) is 5.69 Å². The third-order valence-electron chi connectivity index (χ3n) is 6.15. The van der Waals surface area contributed by atoms with E-state index in [-0.39, 0.29) is 23.6 Å². The molecule has 0 radical (unpaired) electrons. The lowest BCUT2D eigenvalue weighted by Crippen LogP contribution is -3.12. The lowest BCUT2D eigenvalue weighted by molar-refractivity contribution is -0.884. The number of halogens is 1. The molecule has 1 unspecified atom stereocenters. The molecule has 0 aliphatic carbocycles. The molecule has 5 rings (SSSR count). The topological polar surface area (TPSA) is 58.9 Å². The number of carbonyl (C=O) groups is 3. The highest BCUT2D eigenvalue weighted by atomic mass is 35.5. The van der Waals surface area contributed by atoms with Crippen LogP contribution in [0.1, 0.15) is 24.1 Å². The Balaban J connectivity index is 1.67. The van der Waals surface area contributed by atoms with Gasteiger partial charge in [0, 0.05) is 12.5 Å². The van der Waals surface area contributed by atoms with Crippen molar-refractivity contribution in [2.24, 2.45) is 11.8 Å². The second kappa shape index (κ2) is 6.12. The number of ketones is 1. The van der Waals surface area contributed by atoms with Gasteiger partial charge in [-0.25, -0.2) is 4.90 Å². The van der Waals surface area contributed by atoms with Crippen molar-refractivity contribution in [2.45, 2.75) is 19.0 Å². The van der Waals surface area contributed by atoms with Gasteiger partial charge in [0.05, 0.1) is 16.9 Å². The number of quaternary nitrogens is 1. The van der Waals surface area contributed by atoms with Crippen LogP contribution in [-0.2, 0) is 14.4 Å². The Hall–Kier alpha value is -2.76. The average molecular weight is 394 g/mol. The predicted molar refractivity (Wildman–Crippen MR) is 105 cm³/mol. The van der Waals surface area contributed by atoms with Crippen LogP contribution >= 0.6 is 11.6 Å². The number of imide groups is 1. The molecular weight excluding hydrogens is 376 g/mol. The zero-order chi connectivity index (χ0) is 19.6. The van der Waals surface area contributed by atoms with Gasteiger partial charge in [-0.3, -0.25) is 19.3 Å².